The maximum atomic E-state index is 10.7. The molecule has 0 radical (unpaired) electrons. The van der Waals surface area contributed by atoms with Gasteiger partial charge in [-0.1, -0.05) is 24.3 Å². The maximum absolute atomic E-state index is 10.7. The lowest BCUT2D eigenvalue weighted by molar-refractivity contribution is -0.299. The van der Waals surface area contributed by atoms with Crippen LogP contribution in [0.3, 0.4) is 0 Å². The van der Waals surface area contributed by atoms with E-state index in [1.165, 1.54) is 6.08 Å². The molecule has 0 rings (SSSR count). The van der Waals surface area contributed by atoms with Gasteiger partial charge in [-0.2, -0.15) is 0 Å². The van der Waals surface area contributed by atoms with Crippen molar-refractivity contribution in [3.8, 4) is 0 Å². The maximum Gasteiger partial charge on any atom is 0.315 e. The Morgan fingerprint density at radius 1 is 1.31 bits per heavy atom. The first-order valence-electron chi connectivity index (χ1n) is 4.97. The lowest BCUT2D eigenvalue weighted by atomic mass is 10.5. The minimum Gasteiger partial charge on any atom is -0.338 e. The minimum atomic E-state index is -0.123. The average molecular weight is 231 g/mol. The van der Waals surface area contributed by atoms with Crippen LogP contribution in [0.4, 0.5) is 4.79 Å². The number of nitrogens with zero attached hydrogens (tertiary/aromatic N) is 1. The van der Waals surface area contributed by atoms with Crippen LogP contribution in [0.15, 0.2) is 25.3 Å². The molecule has 16 heavy (non-hydrogen) atoms. The largest absolute Gasteiger partial charge is 0.338 e. The molecular formula is C10H21N3O3. The monoisotopic (exact) mass is 231 g/mol. The number of nitrogens with one attached hydrogen (secondary N) is 2. The van der Waals surface area contributed by atoms with Crippen LogP contribution in [0.25, 0.3) is 0 Å². The summed E-state index contributed by atoms with van der Waals surface area (Å²) in [6, 6.07) is -0.123. The van der Waals surface area contributed by atoms with Crippen LogP contribution in [0.2, 0.25) is 0 Å². The van der Waals surface area contributed by atoms with E-state index in [0.29, 0.717) is 6.54 Å². The van der Waals surface area contributed by atoms with Crippen molar-refractivity contribution in [3.63, 3.8) is 0 Å². The Morgan fingerprint density at radius 2 is 1.94 bits per heavy atom. The van der Waals surface area contributed by atoms with Crippen LogP contribution < -0.4 is 10.6 Å². The number of carbonyl (C=O) groups is 1. The van der Waals surface area contributed by atoms with Gasteiger partial charge in [0.2, 0.25) is 0 Å². The zero-order chi connectivity index (χ0) is 12.8. The highest BCUT2D eigenvalue weighted by Gasteiger charge is 1.92. The summed E-state index contributed by atoms with van der Waals surface area (Å²) >= 11 is 0. The summed E-state index contributed by atoms with van der Waals surface area (Å²) in [4.78, 5) is 10.7. The van der Waals surface area contributed by atoms with Crippen molar-refractivity contribution in [1.82, 2.24) is 15.9 Å². The summed E-state index contributed by atoms with van der Waals surface area (Å²) in [6.07, 6.45) is 3.98. The van der Waals surface area contributed by atoms with Gasteiger partial charge in [0.05, 0.1) is 6.54 Å². The zero-order valence-corrected chi connectivity index (χ0v) is 9.65. The molecule has 0 fully saturated rings. The molecule has 4 N–H and O–H groups in total. The second-order valence-electron chi connectivity index (χ2n) is 2.77. The third-order valence-electron chi connectivity index (χ3n) is 1.23. The van der Waals surface area contributed by atoms with Gasteiger partial charge >= 0.3 is 6.03 Å². The molecule has 0 aromatic heterocycles. The number of hydrogen-bond acceptors (Lipinski definition) is 4. The fraction of sp³-hybridized carbons (Fsp3) is 0.500. The van der Waals surface area contributed by atoms with Gasteiger partial charge in [0, 0.05) is 13.1 Å². The van der Waals surface area contributed by atoms with Crippen molar-refractivity contribution in [2.75, 3.05) is 19.6 Å². The predicted octanol–water partition coefficient (Wildman–Crippen LogP) is 1.13. The summed E-state index contributed by atoms with van der Waals surface area (Å²) in [6.45, 7) is 10.0. The summed E-state index contributed by atoms with van der Waals surface area (Å²) in [5.74, 6) is 0. The van der Waals surface area contributed by atoms with Gasteiger partial charge in [0.1, 0.15) is 0 Å². The molecule has 2 amide bonds. The molecule has 0 aliphatic heterocycles. The lowest BCUT2D eigenvalue weighted by Gasteiger charge is -2.02. The van der Waals surface area contributed by atoms with Crippen LogP contribution in [0, 0.1) is 0 Å². The van der Waals surface area contributed by atoms with Crippen LogP contribution in [0.1, 0.15) is 13.3 Å². The fourth-order valence-electron chi connectivity index (χ4n) is 0.581. The summed E-state index contributed by atoms with van der Waals surface area (Å²) in [5.41, 5.74) is 0. The molecule has 6 nitrogen and oxygen atoms in total. The van der Waals surface area contributed by atoms with Gasteiger partial charge in [-0.05, 0) is 6.42 Å². The molecule has 0 aliphatic carbocycles. The topological polar surface area (TPSA) is 84.8 Å². The number of carbonyl (C=O) groups excluding carboxylic acids is 1. The molecule has 0 spiro atoms. The Morgan fingerprint density at radius 3 is 2.25 bits per heavy atom. The third-order valence-corrected chi connectivity index (χ3v) is 1.23. The highest BCUT2D eigenvalue weighted by atomic mass is 16.8. The first-order chi connectivity index (χ1) is 7.58. The van der Waals surface area contributed by atoms with Gasteiger partial charge in [-0.3, -0.25) is 10.4 Å². The smallest absolute Gasteiger partial charge is 0.315 e. The molecule has 94 valence electrons. The SMILES string of the molecule is C=CCN(O)O.C=CCNC(=O)NCCC. The first kappa shape index (κ1) is 17.0. The molecular weight excluding hydrogens is 210 g/mol. The van der Waals surface area contributed by atoms with E-state index in [1.807, 2.05) is 6.92 Å². The normalized spacial score (nSPS) is 8.75. The Kier molecular flexibility index (Phi) is 14.5. The minimum absolute atomic E-state index is 0.0625. The van der Waals surface area contributed by atoms with Crippen molar-refractivity contribution in [2.45, 2.75) is 13.3 Å². The molecule has 0 aromatic carbocycles. The summed E-state index contributed by atoms with van der Waals surface area (Å²) in [5, 5.41) is 21.1. The van der Waals surface area contributed by atoms with E-state index in [0.717, 1.165) is 13.0 Å². The van der Waals surface area contributed by atoms with E-state index < -0.39 is 0 Å². The van der Waals surface area contributed by atoms with E-state index in [1.54, 1.807) is 6.08 Å². The van der Waals surface area contributed by atoms with E-state index in [9.17, 15) is 4.79 Å². The number of rotatable bonds is 6. The van der Waals surface area contributed by atoms with E-state index in [4.69, 9.17) is 10.4 Å². The Balaban J connectivity index is 0. The summed E-state index contributed by atoms with van der Waals surface area (Å²) < 4.78 is 0. The molecule has 0 saturated carbocycles. The first-order valence-corrected chi connectivity index (χ1v) is 4.97. The van der Waals surface area contributed by atoms with Crippen molar-refractivity contribution in [2.24, 2.45) is 0 Å². The molecule has 6 heteroatoms. The highest BCUT2D eigenvalue weighted by Crippen LogP contribution is 1.70. The van der Waals surface area contributed by atoms with Gasteiger partial charge in [-0.15, -0.1) is 13.2 Å². The van der Waals surface area contributed by atoms with Crippen molar-refractivity contribution in [1.29, 1.82) is 0 Å². The molecule has 0 heterocycles. The summed E-state index contributed by atoms with van der Waals surface area (Å²) in [7, 11) is 0. The highest BCUT2D eigenvalue weighted by molar-refractivity contribution is 5.73. The van der Waals surface area contributed by atoms with Gasteiger partial charge in [0.25, 0.3) is 0 Å². The molecule has 0 atom stereocenters. The Labute approximate surface area is 96.2 Å². The quantitative estimate of drug-likeness (QED) is 0.408. The zero-order valence-electron chi connectivity index (χ0n) is 9.65. The van der Waals surface area contributed by atoms with Gasteiger partial charge < -0.3 is 10.6 Å². The lowest BCUT2D eigenvalue weighted by Crippen LogP contribution is -2.35. The molecule has 0 bridgehead atoms. The van der Waals surface area contributed by atoms with Crippen LogP contribution >= 0.6 is 0 Å². The second-order valence-corrected chi connectivity index (χ2v) is 2.77. The van der Waals surface area contributed by atoms with Crippen LogP contribution in [0.5, 0.6) is 0 Å². The molecule has 0 aliphatic rings. The van der Waals surface area contributed by atoms with Crippen LogP contribution in [-0.4, -0.2) is 41.3 Å². The Bertz CT molecular complexity index is 196. The van der Waals surface area contributed by atoms with Crippen molar-refractivity contribution in [3.05, 3.63) is 25.3 Å². The number of hydrogen-bond donors (Lipinski definition) is 4. The van der Waals surface area contributed by atoms with Gasteiger partial charge in [-0.25, -0.2) is 4.79 Å². The second kappa shape index (κ2) is 13.6. The average Bonchev–Trinajstić information content (AvgIpc) is 2.24. The van der Waals surface area contributed by atoms with Crippen LogP contribution in [-0.2, 0) is 0 Å². The third kappa shape index (κ3) is 18.4. The van der Waals surface area contributed by atoms with E-state index in [-0.39, 0.29) is 17.8 Å². The van der Waals surface area contributed by atoms with Gasteiger partial charge in [0.15, 0.2) is 0 Å². The number of amides is 2. The fourth-order valence-corrected chi connectivity index (χ4v) is 0.581. The Hall–Kier alpha value is -1.37. The van der Waals surface area contributed by atoms with Crippen molar-refractivity contribution < 1.29 is 15.2 Å². The number of urea groups is 1. The molecule has 0 unspecified atom stereocenters. The predicted molar refractivity (Wildman–Crippen MR) is 62.4 cm³/mol. The number of hydroxylamine groups is 2. The van der Waals surface area contributed by atoms with E-state index >= 15 is 0 Å². The van der Waals surface area contributed by atoms with Crippen molar-refractivity contribution >= 4 is 6.03 Å². The molecule has 0 aromatic rings. The standard InChI is InChI=1S/C7H14N2O.C3H7NO2/c1-3-5-8-7(10)9-6-4-2;1-2-3-4(5)6/h3H,1,4-6H2,2H3,(H2,8,9,10);2,5-6H,1,3H2. The molecule has 0 saturated heterocycles. The van der Waals surface area contributed by atoms with E-state index in [2.05, 4.69) is 23.8 Å².